The van der Waals surface area contributed by atoms with Crippen molar-refractivity contribution in [2.75, 3.05) is 0 Å². The lowest BCUT2D eigenvalue weighted by atomic mass is 9.79. The molecule has 2 N–H and O–H groups in total. The van der Waals surface area contributed by atoms with Crippen molar-refractivity contribution in [2.45, 2.75) is 110 Å². The summed E-state index contributed by atoms with van der Waals surface area (Å²) in [4.78, 5) is 12.6. The topological polar surface area (TPSA) is 61.6 Å². The van der Waals surface area contributed by atoms with Gasteiger partial charge in [0.2, 0.25) is 5.79 Å². The number of hydrogen-bond acceptors (Lipinski definition) is 4. The maximum absolute atomic E-state index is 12.6. The minimum atomic E-state index is -1.10. The van der Waals surface area contributed by atoms with Crippen LogP contribution in [0.4, 0.5) is 0 Å². The monoisotopic (exact) mass is 327 g/mol. The highest BCUT2D eigenvalue weighted by atomic mass is 16.8. The minimum Gasteiger partial charge on any atom is -0.431 e. The van der Waals surface area contributed by atoms with Gasteiger partial charge < -0.3 is 15.2 Å². The molecule has 0 radical (unpaired) electrons. The predicted molar refractivity (Wildman–Crippen MR) is 94.0 cm³/mol. The van der Waals surface area contributed by atoms with Crippen LogP contribution < -0.4 is 5.73 Å². The van der Waals surface area contributed by atoms with Crippen LogP contribution >= 0.6 is 0 Å². The van der Waals surface area contributed by atoms with Gasteiger partial charge in [-0.2, -0.15) is 0 Å². The first-order valence-corrected chi connectivity index (χ1v) is 9.12. The van der Waals surface area contributed by atoms with Crippen molar-refractivity contribution in [2.24, 2.45) is 11.1 Å². The third kappa shape index (κ3) is 4.27. The molecule has 4 heteroatoms. The van der Waals surface area contributed by atoms with E-state index in [-0.39, 0.29) is 11.4 Å². The van der Waals surface area contributed by atoms with Crippen LogP contribution in [0.1, 0.15) is 93.4 Å². The first-order chi connectivity index (χ1) is 10.4. The van der Waals surface area contributed by atoms with Gasteiger partial charge in [-0.1, -0.05) is 66.2 Å². The second kappa shape index (κ2) is 7.10. The van der Waals surface area contributed by atoms with Crippen LogP contribution in [-0.4, -0.2) is 22.9 Å². The van der Waals surface area contributed by atoms with E-state index in [0.29, 0.717) is 0 Å². The maximum atomic E-state index is 12.6. The first-order valence-electron chi connectivity index (χ1n) is 9.12. The molecule has 0 bridgehead atoms. The number of ether oxygens (including phenoxy) is 2. The highest BCUT2D eigenvalue weighted by molar-refractivity contribution is 5.83. The number of esters is 1. The van der Waals surface area contributed by atoms with E-state index >= 15 is 0 Å². The maximum Gasteiger partial charge on any atom is 0.342 e. The molecule has 136 valence electrons. The van der Waals surface area contributed by atoms with Gasteiger partial charge in [-0.3, -0.25) is 0 Å². The smallest absolute Gasteiger partial charge is 0.342 e. The molecule has 0 aromatic heterocycles. The fourth-order valence-corrected chi connectivity index (χ4v) is 2.89. The van der Waals surface area contributed by atoms with E-state index in [2.05, 4.69) is 6.92 Å². The van der Waals surface area contributed by atoms with Crippen LogP contribution in [0.3, 0.4) is 0 Å². The summed E-state index contributed by atoms with van der Waals surface area (Å²) in [6.07, 6.45) is 7.95. The molecule has 1 rings (SSSR count). The van der Waals surface area contributed by atoms with Crippen LogP contribution in [0, 0.1) is 5.41 Å². The second-order valence-corrected chi connectivity index (χ2v) is 8.66. The number of rotatable bonds is 8. The predicted octanol–water partition coefficient (Wildman–Crippen LogP) is 4.55. The number of hydrogen-bond donors (Lipinski definition) is 1. The summed E-state index contributed by atoms with van der Waals surface area (Å²) in [7, 11) is 0. The Kier molecular flexibility index (Phi) is 6.31. The molecular formula is C19H37NO3. The molecule has 0 unspecified atom stereocenters. The molecule has 0 spiro atoms. The normalized spacial score (nSPS) is 31.0. The average molecular weight is 328 g/mol. The highest BCUT2D eigenvalue weighted by Crippen LogP contribution is 2.47. The quantitative estimate of drug-likeness (QED) is 0.525. The number of carbonyl (C=O) groups excluding carboxylic acids is 1. The zero-order valence-electron chi connectivity index (χ0n) is 16.3. The van der Waals surface area contributed by atoms with Crippen LogP contribution in [0.2, 0.25) is 0 Å². The highest BCUT2D eigenvalue weighted by Gasteiger charge is 2.63. The summed E-state index contributed by atoms with van der Waals surface area (Å²) in [6.45, 7) is 13.8. The molecule has 0 aliphatic carbocycles. The summed E-state index contributed by atoms with van der Waals surface area (Å²) < 4.78 is 11.8. The van der Waals surface area contributed by atoms with Crippen molar-refractivity contribution in [3.63, 3.8) is 0 Å². The summed E-state index contributed by atoms with van der Waals surface area (Å²) in [5.41, 5.74) is 4.38. The molecule has 3 atom stereocenters. The molecule has 1 aliphatic rings. The second-order valence-electron chi connectivity index (χ2n) is 8.66. The van der Waals surface area contributed by atoms with Crippen molar-refractivity contribution < 1.29 is 14.3 Å². The van der Waals surface area contributed by atoms with E-state index < -0.39 is 16.9 Å². The number of nitrogens with two attached hydrogens (primary N) is 1. The van der Waals surface area contributed by atoms with E-state index in [1.54, 1.807) is 6.92 Å². The van der Waals surface area contributed by atoms with Crippen LogP contribution in [0.25, 0.3) is 0 Å². The van der Waals surface area contributed by atoms with Crippen molar-refractivity contribution in [1.29, 1.82) is 0 Å². The number of unbranched alkanes of at least 4 members (excludes halogenated alkanes) is 5. The van der Waals surface area contributed by atoms with Crippen molar-refractivity contribution in [3.05, 3.63) is 0 Å². The van der Waals surface area contributed by atoms with E-state index in [1.165, 1.54) is 25.7 Å². The summed E-state index contributed by atoms with van der Waals surface area (Å²) in [5.74, 6) is -1.29. The molecule has 4 nitrogen and oxygen atoms in total. The zero-order chi connectivity index (χ0) is 17.9. The van der Waals surface area contributed by atoms with Gasteiger partial charge in [0.25, 0.3) is 0 Å². The summed E-state index contributed by atoms with van der Waals surface area (Å²) in [5, 5.41) is 0. The molecule has 1 fully saturated rings. The van der Waals surface area contributed by atoms with Gasteiger partial charge in [-0.25, -0.2) is 4.79 Å². The summed E-state index contributed by atoms with van der Waals surface area (Å²) >= 11 is 0. The Hall–Kier alpha value is -0.610. The Morgan fingerprint density at radius 3 is 2.00 bits per heavy atom. The fraction of sp³-hybridized carbons (Fsp3) is 0.947. The lowest BCUT2D eigenvalue weighted by molar-refractivity contribution is -0.238. The Balaban J connectivity index is 2.69. The summed E-state index contributed by atoms with van der Waals surface area (Å²) in [6, 6.07) is 0. The first kappa shape index (κ1) is 20.4. The van der Waals surface area contributed by atoms with Crippen LogP contribution in [0.5, 0.6) is 0 Å². The SMILES string of the molecule is CCCCCCCC[C@@](C)(N)[C@@]1(C)O[C@](C)(C(C)(C)C)OC1=O. The molecular weight excluding hydrogens is 290 g/mol. The zero-order valence-corrected chi connectivity index (χ0v) is 16.3. The molecule has 23 heavy (non-hydrogen) atoms. The fourth-order valence-electron chi connectivity index (χ4n) is 2.89. The molecule has 1 heterocycles. The largest absolute Gasteiger partial charge is 0.431 e. The van der Waals surface area contributed by atoms with Crippen molar-refractivity contribution in [3.8, 4) is 0 Å². The van der Waals surface area contributed by atoms with Gasteiger partial charge in [-0.15, -0.1) is 0 Å². The van der Waals surface area contributed by atoms with Gasteiger partial charge in [0.15, 0.2) is 5.60 Å². The minimum absolute atomic E-state index is 0.309. The standard InChI is InChI=1S/C19H37NO3/c1-8-9-10-11-12-13-14-17(5,20)18(6)15(21)22-19(7,23-18)16(2,3)4/h8-14,20H2,1-7H3/t17-,18+,19-/m1/s1. The van der Waals surface area contributed by atoms with E-state index in [9.17, 15) is 4.79 Å². The average Bonchev–Trinajstić information content (AvgIpc) is 2.66. The van der Waals surface area contributed by atoms with Gasteiger partial charge in [0.05, 0.1) is 5.54 Å². The van der Waals surface area contributed by atoms with E-state index in [4.69, 9.17) is 15.2 Å². The Morgan fingerprint density at radius 1 is 1.00 bits per heavy atom. The van der Waals surface area contributed by atoms with Crippen molar-refractivity contribution in [1.82, 2.24) is 0 Å². The Morgan fingerprint density at radius 2 is 1.52 bits per heavy atom. The Labute approximate surface area is 142 Å². The third-order valence-electron chi connectivity index (χ3n) is 5.58. The lowest BCUT2D eigenvalue weighted by Crippen LogP contribution is -2.61. The molecule has 1 aliphatic heterocycles. The van der Waals surface area contributed by atoms with Crippen molar-refractivity contribution >= 4 is 5.97 Å². The van der Waals surface area contributed by atoms with Gasteiger partial charge in [0.1, 0.15) is 0 Å². The van der Waals surface area contributed by atoms with Gasteiger partial charge in [0, 0.05) is 12.3 Å². The molecule has 1 saturated heterocycles. The molecule has 0 aromatic carbocycles. The number of carbonyl (C=O) groups is 1. The Bertz CT molecular complexity index is 413. The van der Waals surface area contributed by atoms with Gasteiger partial charge in [-0.05, 0) is 20.3 Å². The molecule has 0 saturated carbocycles. The molecule has 0 aromatic rings. The van der Waals surface area contributed by atoms with Gasteiger partial charge >= 0.3 is 5.97 Å². The van der Waals surface area contributed by atoms with Crippen LogP contribution in [0.15, 0.2) is 0 Å². The van der Waals surface area contributed by atoms with E-state index in [0.717, 1.165) is 19.3 Å². The molecule has 0 amide bonds. The van der Waals surface area contributed by atoms with Crippen LogP contribution in [-0.2, 0) is 14.3 Å². The third-order valence-corrected chi connectivity index (χ3v) is 5.58. The lowest BCUT2D eigenvalue weighted by Gasteiger charge is -2.41. The number of cyclic esters (lactones) is 1. The van der Waals surface area contributed by atoms with E-state index in [1.807, 2.05) is 34.6 Å².